The molecule has 1 aromatic heterocycles. The molecule has 3 nitrogen and oxygen atoms in total. The van der Waals surface area contributed by atoms with Gasteiger partial charge in [0.15, 0.2) is 0 Å². The van der Waals surface area contributed by atoms with Gasteiger partial charge in [-0.1, -0.05) is 6.07 Å². The number of benzene rings is 1. The van der Waals surface area contributed by atoms with E-state index in [2.05, 4.69) is 29.3 Å². The molecule has 0 aliphatic heterocycles. The fourth-order valence-electron chi connectivity index (χ4n) is 1.62. The zero-order valence-electron chi connectivity index (χ0n) is 7.67. The van der Waals surface area contributed by atoms with Gasteiger partial charge in [0.1, 0.15) is 0 Å². The van der Waals surface area contributed by atoms with Crippen molar-refractivity contribution in [3.05, 3.63) is 29.5 Å². The maximum Gasteiger partial charge on any atom is 0.0679 e. The van der Waals surface area contributed by atoms with Crippen molar-refractivity contribution >= 4 is 10.9 Å². The number of nitrogens with zero attached hydrogens (tertiary/aromatic N) is 1. The maximum atomic E-state index is 5.51. The number of H-pyrrole nitrogens is 1. The van der Waals surface area contributed by atoms with Crippen molar-refractivity contribution in [3.63, 3.8) is 0 Å². The third-order valence-electron chi connectivity index (χ3n) is 2.24. The van der Waals surface area contributed by atoms with Crippen LogP contribution in [-0.2, 0) is 6.42 Å². The van der Waals surface area contributed by atoms with Gasteiger partial charge >= 0.3 is 0 Å². The van der Waals surface area contributed by atoms with Crippen LogP contribution in [0.15, 0.2) is 18.3 Å². The fraction of sp³-hybridized carbons (Fsp3) is 0.300. The molecule has 0 radical (unpaired) electrons. The van der Waals surface area contributed by atoms with Crippen molar-refractivity contribution in [1.29, 1.82) is 0 Å². The lowest BCUT2D eigenvalue weighted by atomic mass is 10.1. The van der Waals surface area contributed by atoms with E-state index in [1.807, 2.05) is 6.20 Å². The molecular weight excluding hydrogens is 162 g/mol. The van der Waals surface area contributed by atoms with Gasteiger partial charge in [-0.2, -0.15) is 5.10 Å². The number of aromatic nitrogens is 2. The van der Waals surface area contributed by atoms with E-state index in [1.165, 1.54) is 16.5 Å². The Morgan fingerprint density at radius 3 is 3.08 bits per heavy atom. The van der Waals surface area contributed by atoms with Gasteiger partial charge in [-0.15, -0.1) is 0 Å². The second kappa shape index (κ2) is 3.18. The highest BCUT2D eigenvalue weighted by atomic mass is 15.1. The first-order valence-electron chi connectivity index (χ1n) is 4.44. The van der Waals surface area contributed by atoms with Crippen molar-refractivity contribution < 1.29 is 0 Å². The number of fused-ring (bicyclic) bond motifs is 1. The van der Waals surface area contributed by atoms with Crippen molar-refractivity contribution in [3.8, 4) is 0 Å². The van der Waals surface area contributed by atoms with Crippen molar-refractivity contribution in [2.24, 2.45) is 5.73 Å². The fourth-order valence-corrected chi connectivity index (χ4v) is 1.62. The Morgan fingerprint density at radius 1 is 1.46 bits per heavy atom. The van der Waals surface area contributed by atoms with Crippen LogP contribution in [0.25, 0.3) is 10.9 Å². The van der Waals surface area contributed by atoms with Crippen LogP contribution < -0.4 is 5.73 Å². The third kappa shape index (κ3) is 1.42. The Morgan fingerprint density at radius 2 is 2.31 bits per heavy atom. The largest absolute Gasteiger partial charge is 0.330 e. The summed E-state index contributed by atoms with van der Waals surface area (Å²) in [6, 6.07) is 4.30. The zero-order valence-corrected chi connectivity index (χ0v) is 7.67. The number of aryl methyl sites for hydroxylation is 1. The summed E-state index contributed by atoms with van der Waals surface area (Å²) in [6.07, 6.45) is 2.78. The molecule has 2 rings (SSSR count). The van der Waals surface area contributed by atoms with Gasteiger partial charge in [0, 0.05) is 5.39 Å². The highest BCUT2D eigenvalue weighted by Gasteiger charge is 2.01. The lowest BCUT2D eigenvalue weighted by Crippen LogP contribution is -2.02. The second-order valence-electron chi connectivity index (χ2n) is 3.29. The molecule has 0 fully saturated rings. The SMILES string of the molecule is Cc1cc(CCN)cc2cn[nH]c12. The van der Waals surface area contributed by atoms with Crippen LogP contribution in [0.4, 0.5) is 0 Å². The van der Waals surface area contributed by atoms with Crippen LogP contribution in [-0.4, -0.2) is 16.7 Å². The molecule has 0 unspecified atom stereocenters. The molecule has 13 heavy (non-hydrogen) atoms. The highest BCUT2D eigenvalue weighted by Crippen LogP contribution is 2.17. The Hall–Kier alpha value is -1.35. The minimum Gasteiger partial charge on any atom is -0.330 e. The number of rotatable bonds is 2. The standard InChI is InChI=1S/C10H13N3/c1-7-4-8(2-3-11)5-9-6-12-13-10(7)9/h4-6H,2-3,11H2,1H3,(H,12,13). The first-order chi connectivity index (χ1) is 6.31. The summed E-state index contributed by atoms with van der Waals surface area (Å²) in [5.74, 6) is 0. The molecule has 0 aliphatic carbocycles. The zero-order chi connectivity index (χ0) is 9.26. The summed E-state index contributed by atoms with van der Waals surface area (Å²) in [4.78, 5) is 0. The van der Waals surface area contributed by atoms with E-state index in [1.54, 1.807) is 0 Å². The van der Waals surface area contributed by atoms with Gasteiger partial charge in [0.05, 0.1) is 11.7 Å². The number of nitrogens with two attached hydrogens (primary N) is 1. The van der Waals surface area contributed by atoms with Gasteiger partial charge in [-0.05, 0) is 37.1 Å². The van der Waals surface area contributed by atoms with E-state index in [0.29, 0.717) is 6.54 Å². The van der Waals surface area contributed by atoms with Gasteiger partial charge in [0.25, 0.3) is 0 Å². The number of aromatic amines is 1. The van der Waals surface area contributed by atoms with Crippen LogP contribution in [0.3, 0.4) is 0 Å². The molecule has 0 spiro atoms. The summed E-state index contributed by atoms with van der Waals surface area (Å²) < 4.78 is 0. The van der Waals surface area contributed by atoms with Crippen molar-refractivity contribution in [1.82, 2.24) is 10.2 Å². The quantitative estimate of drug-likeness (QED) is 0.724. The smallest absolute Gasteiger partial charge is 0.0679 e. The van der Waals surface area contributed by atoms with Crippen LogP contribution in [0, 0.1) is 6.92 Å². The molecule has 1 aromatic carbocycles. The molecule has 2 aromatic rings. The van der Waals surface area contributed by atoms with Crippen LogP contribution in [0.2, 0.25) is 0 Å². The molecule has 1 heterocycles. The topological polar surface area (TPSA) is 54.7 Å². The molecule has 0 bridgehead atoms. The molecule has 0 saturated heterocycles. The van der Waals surface area contributed by atoms with Crippen LogP contribution in [0.5, 0.6) is 0 Å². The van der Waals surface area contributed by atoms with Gasteiger partial charge < -0.3 is 5.73 Å². The molecule has 3 heteroatoms. The highest BCUT2D eigenvalue weighted by molar-refractivity contribution is 5.81. The lowest BCUT2D eigenvalue weighted by Gasteiger charge is -2.01. The summed E-state index contributed by atoms with van der Waals surface area (Å²) >= 11 is 0. The normalized spacial score (nSPS) is 10.9. The Bertz CT molecular complexity index is 417. The number of hydrogen-bond acceptors (Lipinski definition) is 2. The summed E-state index contributed by atoms with van der Waals surface area (Å²) in [6.45, 7) is 2.78. The van der Waals surface area contributed by atoms with Crippen molar-refractivity contribution in [2.75, 3.05) is 6.54 Å². The Balaban J connectivity index is 2.56. The summed E-state index contributed by atoms with van der Waals surface area (Å²) in [5, 5.41) is 8.15. The van der Waals surface area contributed by atoms with E-state index in [4.69, 9.17) is 5.73 Å². The molecule has 3 N–H and O–H groups in total. The summed E-state index contributed by atoms with van der Waals surface area (Å²) in [7, 11) is 0. The van der Waals surface area contributed by atoms with Gasteiger partial charge in [-0.25, -0.2) is 0 Å². The molecular formula is C10H13N3. The second-order valence-corrected chi connectivity index (χ2v) is 3.29. The summed E-state index contributed by atoms with van der Waals surface area (Å²) in [5.41, 5.74) is 9.15. The minimum absolute atomic E-state index is 0.697. The van der Waals surface area contributed by atoms with E-state index in [9.17, 15) is 0 Å². The molecule has 0 saturated carbocycles. The van der Waals surface area contributed by atoms with E-state index >= 15 is 0 Å². The molecule has 68 valence electrons. The number of nitrogens with one attached hydrogen (secondary N) is 1. The monoisotopic (exact) mass is 175 g/mol. The lowest BCUT2D eigenvalue weighted by molar-refractivity contribution is 0.969. The Labute approximate surface area is 76.9 Å². The molecule has 0 atom stereocenters. The first kappa shape index (κ1) is 8.26. The number of hydrogen-bond donors (Lipinski definition) is 2. The molecule has 0 amide bonds. The van der Waals surface area contributed by atoms with Crippen molar-refractivity contribution in [2.45, 2.75) is 13.3 Å². The third-order valence-corrected chi connectivity index (χ3v) is 2.24. The predicted molar refractivity (Wildman–Crippen MR) is 53.6 cm³/mol. The Kier molecular flexibility index (Phi) is 2.02. The van der Waals surface area contributed by atoms with Crippen LogP contribution >= 0.6 is 0 Å². The van der Waals surface area contributed by atoms with E-state index in [-0.39, 0.29) is 0 Å². The predicted octanol–water partition coefficient (Wildman–Crippen LogP) is 1.37. The van der Waals surface area contributed by atoms with Gasteiger partial charge in [-0.3, -0.25) is 5.10 Å². The minimum atomic E-state index is 0.697. The molecule has 0 aliphatic rings. The van der Waals surface area contributed by atoms with Gasteiger partial charge in [0.2, 0.25) is 0 Å². The maximum absolute atomic E-state index is 5.51. The first-order valence-corrected chi connectivity index (χ1v) is 4.44. The van der Waals surface area contributed by atoms with Crippen LogP contribution in [0.1, 0.15) is 11.1 Å². The average molecular weight is 175 g/mol. The average Bonchev–Trinajstić information content (AvgIpc) is 2.53. The van der Waals surface area contributed by atoms with E-state index < -0.39 is 0 Å². The van der Waals surface area contributed by atoms with E-state index in [0.717, 1.165) is 11.9 Å².